The Bertz CT molecular complexity index is 579. The zero-order chi connectivity index (χ0) is 13.1. The van der Waals surface area contributed by atoms with Crippen molar-refractivity contribution in [2.45, 2.75) is 6.67 Å². The third-order valence-corrected chi connectivity index (χ3v) is 2.46. The first-order valence-electron chi connectivity index (χ1n) is 5.10. The lowest BCUT2D eigenvalue weighted by atomic mass is 10.1. The summed E-state index contributed by atoms with van der Waals surface area (Å²) in [6.07, 6.45) is 0. The molecule has 1 aromatic carbocycles. The summed E-state index contributed by atoms with van der Waals surface area (Å²) in [5, 5.41) is 12.7. The second-order valence-electron chi connectivity index (χ2n) is 3.47. The van der Waals surface area contributed by atoms with Crippen LogP contribution >= 0.6 is 0 Å². The van der Waals surface area contributed by atoms with Crippen molar-refractivity contribution in [2.75, 3.05) is 7.11 Å². The van der Waals surface area contributed by atoms with E-state index in [-0.39, 0.29) is 17.0 Å². The zero-order valence-corrected chi connectivity index (χ0v) is 9.51. The molecule has 1 heterocycles. The number of hydrogen-bond acceptors (Lipinski definition) is 4. The van der Waals surface area contributed by atoms with Crippen molar-refractivity contribution in [3.63, 3.8) is 0 Å². The Morgan fingerprint density at radius 3 is 2.83 bits per heavy atom. The monoisotopic (exact) mass is 251 g/mol. The fraction of sp³-hybridized carbons (Fsp3) is 0.167. The van der Waals surface area contributed by atoms with Gasteiger partial charge in [-0.2, -0.15) is 0 Å². The van der Waals surface area contributed by atoms with Crippen LogP contribution in [0.3, 0.4) is 0 Å². The first-order valence-corrected chi connectivity index (χ1v) is 5.10. The maximum atomic E-state index is 12.6. The first-order chi connectivity index (χ1) is 8.69. The molecule has 0 aliphatic carbocycles. The minimum Gasteiger partial charge on any atom is -0.496 e. The van der Waals surface area contributed by atoms with Crippen LogP contribution in [0.2, 0.25) is 0 Å². The molecular formula is C12H10FNO4. The van der Waals surface area contributed by atoms with Gasteiger partial charge in [-0.25, -0.2) is 9.18 Å². The lowest BCUT2D eigenvalue weighted by Gasteiger charge is -2.05. The van der Waals surface area contributed by atoms with E-state index in [2.05, 4.69) is 5.16 Å². The van der Waals surface area contributed by atoms with Gasteiger partial charge < -0.3 is 14.4 Å². The highest BCUT2D eigenvalue weighted by Crippen LogP contribution is 2.32. The molecule has 6 heteroatoms. The third kappa shape index (κ3) is 1.92. The second-order valence-corrected chi connectivity index (χ2v) is 3.47. The average molecular weight is 251 g/mol. The van der Waals surface area contributed by atoms with Crippen molar-refractivity contribution in [3.8, 4) is 17.0 Å². The average Bonchev–Trinajstić information content (AvgIpc) is 2.82. The van der Waals surface area contributed by atoms with E-state index in [9.17, 15) is 9.18 Å². The van der Waals surface area contributed by atoms with E-state index >= 15 is 0 Å². The van der Waals surface area contributed by atoms with Gasteiger partial charge in [0, 0.05) is 5.56 Å². The molecular weight excluding hydrogens is 241 g/mol. The maximum Gasteiger partial charge on any atom is 0.341 e. The molecule has 2 rings (SSSR count). The minimum atomic E-state index is -1.29. The van der Waals surface area contributed by atoms with Crippen molar-refractivity contribution < 1.29 is 23.6 Å². The van der Waals surface area contributed by atoms with Crippen LogP contribution in [0.25, 0.3) is 11.3 Å². The van der Waals surface area contributed by atoms with E-state index in [0.29, 0.717) is 11.3 Å². The van der Waals surface area contributed by atoms with E-state index in [1.807, 2.05) is 0 Å². The highest BCUT2D eigenvalue weighted by molar-refractivity contribution is 5.96. The number of methoxy groups -OCH3 is 1. The number of nitrogens with zero attached hydrogens (tertiary/aromatic N) is 1. The molecule has 0 fully saturated rings. The van der Waals surface area contributed by atoms with E-state index in [4.69, 9.17) is 14.4 Å². The summed E-state index contributed by atoms with van der Waals surface area (Å²) in [5.74, 6) is -1.15. The molecule has 1 N–H and O–H groups in total. The molecule has 0 atom stereocenters. The lowest BCUT2D eigenvalue weighted by Crippen LogP contribution is -2.01. The smallest absolute Gasteiger partial charge is 0.341 e. The Balaban J connectivity index is 2.64. The number of carbonyl (C=O) groups is 1. The lowest BCUT2D eigenvalue weighted by molar-refractivity contribution is 0.0693. The summed E-state index contributed by atoms with van der Waals surface area (Å²) in [7, 11) is 1.45. The van der Waals surface area contributed by atoms with Crippen LogP contribution < -0.4 is 4.74 Å². The third-order valence-electron chi connectivity index (χ3n) is 2.46. The number of alkyl halides is 1. The van der Waals surface area contributed by atoms with Crippen LogP contribution in [0.5, 0.6) is 5.75 Å². The number of benzene rings is 1. The van der Waals surface area contributed by atoms with E-state index in [1.54, 1.807) is 24.3 Å². The Kier molecular flexibility index (Phi) is 3.27. The van der Waals surface area contributed by atoms with Gasteiger partial charge in [0.2, 0.25) is 0 Å². The molecule has 0 aliphatic rings. The fourth-order valence-electron chi connectivity index (χ4n) is 1.66. The number of rotatable bonds is 4. The molecule has 0 aliphatic heterocycles. The predicted octanol–water partition coefficient (Wildman–Crippen LogP) is 2.52. The Morgan fingerprint density at radius 2 is 2.22 bits per heavy atom. The molecule has 94 valence electrons. The number of carboxylic acid groups (broad SMARTS) is 1. The molecule has 0 saturated carbocycles. The number of aromatic nitrogens is 1. The van der Waals surface area contributed by atoms with Crippen LogP contribution in [0.1, 0.15) is 16.1 Å². The Labute approximate surface area is 102 Å². The molecule has 0 unspecified atom stereocenters. The molecule has 0 spiro atoms. The van der Waals surface area contributed by atoms with Gasteiger partial charge >= 0.3 is 5.97 Å². The van der Waals surface area contributed by atoms with Gasteiger partial charge in [-0.3, -0.25) is 0 Å². The molecule has 5 nitrogen and oxygen atoms in total. The molecule has 0 radical (unpaired) electrons. The summed E-state index contributed by atoms with van der Waals surface area (Å²) in [6, 6.07) is 6.72. The van der Waals surface area contributed by atoms with Crippen molar-refractivity contribution in [2.24, 2.45) is 0 Å². The summed E-state index contributed by atoms with van der Waals surface area (Å²) in [6.45, 7) is -1.02. The zero-order valence-electron chi connectivity index (χ0n) is 9.51. The Morgan fingerprint density at radius 1 is 1.50 bits per heavy atom. The molecule has 0 saturated heterocycles. The SMILES string of the molecule is COc1ccccc1-c1noc(CF)c1C(=O)O. The van der Waals surface area contributed by atoms with Gasteiger partial charge in [-0.15, -0.1) is 0 Å². The van der Waals surface area contributed by atoms with Gasteiger partial charge in [0.15, 0.2) is 12.4 Å². The molecule has 2 aromatic rings. The van der Waals surface area contributed by atoms with E-state index in [1.165, 1.54) is 7.11 Å². The number of carboxylic acids is 1. The fourth-order valence-corrected chi connectivity index (χ4v) is 1.66. The number of para-hydroxylation sites is 1. The van der Waals surface area contributed by atoms with Crippen LogP contribution in [-0.2, 0) is 6.67 Å². The number of hydrogen-bond donors (Lipinski definition) is 1. The molecule has 0 amide bonds. The van der Waals surface area contributed by atoms with Crippen molar-refractivity contribution in [3.05, 3.63) is 35.6 Å². The standard InChI is InChI=1S/C12H10FNO4/c1-17-8-5-3-2-4-7(8)11-10(12(15)16)9(6-13)18-14-11/h2-5H,6H2,1H3,(H,15,16). The van der Waals surface area contributed by atoms with Crippen molar-refractivity contribution in [1.82, 2.24) is 5.16 Å². The highest BCUT2D eigenvalue weighted by Gasteiger charge is 2.25. The Hall–Kier alpha value is -2.37. The summed E-state index contributed by atoms with van der Waals surface area (Å²) >= 11 is 0. The van der Waals surface area contributed by atoms with Crippen LogP contribution in [-0.4, -0.2) is 23.3 Å². The van der Waals surface area contributed by atoms with Gasteiger partial charge in [-0.1, -0.05) is 17.3 Å². The van der Waals surface area contributed by atoms with Gasteiger partial charge in [0.25, 0.3) is 0 Å². The van der Waals surface area contributed by atoms with Crippen molar-refractivity contribution >= 4 is 5.97 Å². The summed E-state index contributed by atoms with van der Waals surface area (Å²) in [4.78, 5) is 11.1. The largest absolute Gasteiger partial charge is 0.496 e. The van der Waals surface area contributed by atoms with Crippen LogP contribution in [0, 0.1) is 0 Å². The maximum absolute atomic E-state index is 12.6. The number of halogens is 1. The quantitative estimate of drug-likeness (QED) is 0.903. The number of ether oxygens (including phenoxy) is 1. The van der Waals surface area contributed by atoms with Gasteiger partial charge in [0.05, 0.1) is 7.11 Å². The predicted molar refractivity (Wildman–Crippen MR) is 60.3 cm³/mol. The summed E-state index contributed by atoms with van der Waals surface area (Å²) < 4.78 is 22.4. The van der Waals surface area contributed by atoms with E-state index < -0.39 is 12.6 Å². The van der Waals surface area contributed by atoms with Crippen LogP contribution in [0.4, 0.5) is 4.39 Å². The molecule has 18 heavy (non-hydrogen) atoms. The van der Waals surface area contributed by atoms with Crippen LogP contribution in [0.15, 0.2) is 28.8 Å². The molecule has 0 bridgehead atoms. The summed E-state index contributed by atoms with van der Waals surface area (Å²) in [5.41, 5.74) is 0.232. The van der Waals surface area contributed by atoms with Gasteiger partial charge in [0.1, 0.15) is 17.0 Å². The normalized spacial score (nSPS) is 10.3. The molecule has 1 aromatic heterocycles. The number of aromatic carboxylic acids is 1. The second kappa shape index (κ2) is 4.87. The topological polar surface area (TPSA) is 72.6 Å². The van der Waals surface area contributed by atoms with E-state index in [0.717, 1.165) is 0 Å². The minimum absolute atomic E-state index is 0.0626. The highest BCUT2D eigenvalue weighted by atomic mass is 19.1. The van der Waals surface area contributed by atoms with Gasteiger partial charge in [-0.05, 0) is 12.1 Å². The first kappa shape index (κ1) is 12.1. The van der Waals surface area contributed by atoms with Crippen molar-refractivity contribution in [1.29, 1.82) is 0 Å².